The van der Waals surface area contributed by atoms with Crippen LogP contribution in [0.1, 0.15) is 16.8 Å². The second-order valence-electron chi connectivity index (χ2n) is 6.45. The molecule has 1 atom stereocenters. The first-order valence-corrected chi connectivity index (χ1v) is 8.52. The number of benzene rings is 1. The van der Waals surface area contributed by atoms with Crippen LogP contribution in [0.15, 0.2) is 54.9 Å². The molecule has 1 aliphatic rings. The van der Waals surface area contributed by atoms with Gasteiger partial charge in [0.25, 0.3) is 5.91 Å². The fourth-order valence-electron chi connectivity index (χ4n) is 3.36. The molecular weight excluding hydrogens is 328 g/mol. The molecule has 26 heavy (non-hydrogen) atoms. The van der Waals surface area contributed by atoms with Gasteiger partial charge in [0.05, 0.1) is 22.7 Å². The summed E-state index contributed by atoms with van der Waals surface area (Å²) in [6, 6.07) is 13.1. The topological polar surface area (TPSA) is 89.2 Å². The van der Waals surface area contributed by atoms with Crippen LogP contribution in [0, 0.1) is 5.92 Å². The quantitative estimate of drug-likeness (QED) is 0.788. The van der Waals surface area contributed by atoms with Crippen LogP contribution >= 0.6 is 0 Å². The molecule has 1 aromatic carbocycles. The number of aromatic nitrogens is 2. The van der Waals surface area contributed by atoms with E-state index in [1.54, 1.807) is 23.4 Å². The molecule has 1 fully saturated rings. The lowest BCUT2D eigenvalue weighted by atomic mass is 10.0. The number of hydrogen-bond donors (Lipinski definition) is 1. The Hall–Kier alpha value is -3.28. The summed E-state index contributed by atoms with van der Waals surface area (Å²) in [4.78, 5) is 35.1. The van der Waals surface area contributed by atoms with Crippen LogP contribution in [0.4, 0.5) is 0 Å². The molecule has 6 heteroatoms. The summed E-state index contributed by atoms with van der Waals surface area (Å²) in [5.74, 6) is -0.724. The Morgan fingerprint density at radius 3 is 2.73 bits per heavy atom. The van der Waals surface area contributed by atoms with Gasteiger partial charge in [0.15, 0.2) is 0 Å². The third kappa shape index (κ3) is 2.90. The zero-order valence-electron chi connectivity index (χ0n) is 14.1. The highest BCUT2D eigenvalue weighted by Crippen LogP contribution is 2.27. The van der Waals surface area contributed by atoms with Crippen molar-refractivity contribution in [2.24, 2.45) is 11.7 Å². The average molecular weight is 346 g/mol. The van der Waals surface area contributed by atoms with Crippen molar-refractivity contribution in [3.8, 4) is 11.3 Å². The van der Waals surface area contributed by atoms with E-state index in [1.165, 1.54) is 0 Å². The van der Waals surface area contributed by atoms with Crippen LogP contribution in [0.2, 0.25) is 0 Å². The molecular formula is C20H18N4O2. The third-order valence-corrected chi connectivity index (χ3v) is 4.78. The van der Waals surface area contributed by atoms with E-state index in [0.717, 1.165) is 16.5 Å². The number of hydrogen-bond acceptors (Lipinski definition) is 4. The Balaban J connectivity index is 1.78. The molecule has 4 rings (SSSR count). The SMILES string of the molecule is NC(=O)[C@@H]1CCN(C(=O)c2cc(-c3cccnc3)nc3ccccc23)C1. The molecule has 0 aliphatic carbocycles. The van der Waals surface area contributed by atoms with Crippen molar-refractivity contribution < 1.29 is 9.59 Å². The first-order valence-electron chi connectivity index (χ1n) is 8.52. The molecule has 2 aromatic heterocycles. The highest BCUT2D eigenvalue weighted by molar-refractivity contribution is 6.07. The van der Waals surface area contributed by atoms with Crippen LogP contribution in [0.3, 0.4) is 0 Å². The fraction of sp³-hybridized carbons (Fsp3) is 0.200. The van der Waals surface area contributed by atoms with Gasteiger partial charge in [-0.05, 0) is 30.7 Å². The number of nitrogens with two attached hydrogens (primary N) is 1. The van der Waals surface area contributed by atoms with Crippen LogP contribution < -0.4 is 5.73 Å². The zero-order chi connectivity index (χ0) is 18.1. The number of carbonyl (C=O) groups is 2. The van der Waals surface area contributed by atoms with Gasteiger partial charge in [-0.3, -0.25) is 14.6 Å². The molecule has 130 valence electrons. The summed E-state index contributed by atoms with van der Waals surface area (Å²) in [5, 5.41) is 0.799. The van der Waals surface area contributed by atoms with E-state index < -0.39 is 0 Å². The Morgan fingerprint density at radius 2 is 2.00 bits per heavy atom. The maximum absolute atomic E-state index is 13.1. The summed E-state index contributed by atoms with van der Waals surface area (Å²) in [7, 11) is 0. The van der Waals surface area contributed by atoms with Crippen molar-refractivity contribution in [3.63, 3.8) is 0 Å². The van der Waals surface area contributed by atoms with Gasteiger partial charge < -0.3 is 10.6 Å². The first-order chi connectivity index (χ1) is 12.6. The lowest BCUT2D eigenvalue weighted by Crippen LogP contribution is -2.32. The van der Waals surface area contributed by atoms with E-state index >= 15 is 0 Å². The maximum Gasteiger partial charge on any atom is 0.254 e. The van der Waals surface area contributed by atoms with E-state index in [9.17, 15) is 9.59 Å². The summed E-state index contributed by atoms with van der Waals surface area (Å²) < 4.78 is 0. The lowest BCUT2D eigenvalue weighted by Gasteiger charge is -2.18. The number of primary amides is 1. The van der Waals surface area contributed by atoms with E-state index in [2.05, 4.69) is 9.97 Å². The number of fused-ring (bicyclic) bond motifs is 1. The maximum atomic E-state index is 13.1. The van der Waals surface area contributed by atoms with Crippen molar-refractivity contribution in [2.45, 2.75) is 6.42 Å². The predicted octanol–water partition coefficient (Wildman–Crippen LogP) is 2.24. The van der Waals surface area contributed by atoms with Crippen LogP contribution in [0.5, 0.6) is 0 Å². The predicted molar refractivity (Wildman–Crippen MR) is 98.2 cm³/mol. The van der Waals surface area contributed by atoms with Gasteiger partial charge >= 0.3 is 0 Å². The standard InChI is InChI=1S/C20H18N4O2/c21-19(25)14-7-9-24(12-14)20(26)16-10-18(13-4-3-8-22-11-13)23-17-6-2-1-5-15(16)17/h1-6,8,10-11,14H,7,9,12H2,(H2,21,25)/t14-/m1/s1. The highest BCUT2D eigenvalue weighted by Gasteiger charge is 2.31. The van der Waals surface area contributed by atoms with E-state index in [4.69, 9.17) is 5.73 Å². The van der Waals surface area contributed by atoms with Crippen molar-refractivity contribution in [2.75, 3.05) is 13.1 Å². The molecule has 0 radical (unpaired) electrons. The fourth-order valence-corrected chi connectivity index (χ4v) is 3.36. The average Bonchev–Trinajstić information content (AvgIpc) is 3.18. The molecule has 3 heterocycles. The second-order valence-corrected chi connectivity index (χ2v) is 6.45. The Morgan fingerprint density at radius 1 is 1.15 bits per heavy atom. The van der Waals surface area contributed by atoms with E-state index in [0.29, 0.717) is 30.8 Å². The summed E-state index contributed by atoms with van der Waals surface area (Å²) in [6.07, 6.45) is 4.04. The van der Waals surface area contributed by atoms with Gasteiger partial charge in [0.1, 0.15) is 0 Å². The van der Waals surface area contributed by atoms with Crippen LogP contribution in [-0.2, 0) is 4.79 Å². The molecule has 0 spiro atoms. The minimum atomic E-state index is -0.351. The van der Waals surface area contributed by atoms with E-state index in [1.807, 2.05) is 36.4 Å². The number of para-hydroxylation sites is 1. The molecule has 2 N–H and O–H groups in total. The van der Waals surface area contributed by atoms with Gasteiger partial charge in [-0.25, -0.2) is 4.98 Å². The number of carbonyl (C=O) groups excluding carboxylic acids is 2. The summed E-state index contributed by atoms with van der Waals surface area (Å²) in [6.45, 7) is 0.901. The molecule has 0 bridgehead atoms. The van der Waals surface area contributed by atoms with Crippen molar-refractivity contribution in [3.05, 3.63) is 60.4 Å². The lowest BCUT2D eigenvalue weighted by molar-refractivity contribution is -0.121. The van der Waals surface area contributed by atoms with Gasteiger partial charge in [0, 0.05) is 36.4 Å². The van der Waals surface area contributed by atoms with Crippen molar-refractivity contribution in [1.82, 2.24) is 14.9 Å². The summed E-state index contributed by atoms with van der Waals surface area (Å²) in [5.41, 5.74) is 8.28. The Kier molecular flexibility index (Phi) is 4.08. The Bertz CT molecular complexity index is 988. The van der Waals surface area contributed by atoms with Crippen LogP contribution in [0.25, 0.3) is 22.2 Å². The molecule has 6 nitrogen and oxygen atoms in total. The van der Waals surface area contributed by atoms with Crippen LogP contribution in [-0.4, -0.2) is 39.8 Å². The normalized spacial score (nSPS) is 16.8. The van der Waals surface area contributed by atoms with Crippen molar-refractivity contribution >= 4 is 22.7 Å². The Labute approximate surface area is 150 Å². The monoisotopic (exact) mass is 346 g/mol. The molecule has 2 amide bonds. The molecule has 1 saturated heterocycles. The number of amides is 2. The molecule has 3 aromatic rings. The molecule has 0 unspecified atom stereocenters. The third-order valence-electron chi connectivity index (χ3n) is 4.78. The number of pyridine rings is 2. The van der Waals surface area contributed by atoms with Gasteiger partial charge in [-0.1, -0.05) is 18.2 Å². The van der Waals surface area contributed by atoms with Crippen molar-refractivity contribution in [1.29, 1.82) is 0 Å². The molecule has 0 saturated carbocycles. The minimum absolute atomic E-state index is 0.0995. The zero-order valence-corrected chi connectivity index (χ0v) is 14.1. The largest absolute Gasteiger partial charge is 0.369 e. The highest BCUT2D eigenvalue weighted by atomic mass is 16.2. The van der Waals surface area contributed by atoms with E-state index in [-0.39, 0.29) is 17.7 Å². The van der Waals surface area contributed by atoms with Gasteiger partial charge in [0.2, 0.25) is 5.91 Å². The minimum Gasteiger partial charge on any atom is -0.369 e. The van der Waals surface area contributed by atoms with Gasteiger partial charge in [-0.2, -0.15) is 0 Å². The van der Waals surface area contributed by atoms with Gasteiger partial charge in [-0.15, -0.1) is 0 Å². The first kappa shape index (κ1) is 16.2. The number of likely N-dealkylation sites (tertiary alicyclic amines) is 1. The number of rotatable bonds is 3. The number of nitrogens with zero attached hydrogens (tertiary/aromatic N) is 3. The molecule has 1 aliphatic heterocycles. The second kappa shape index (κ2) is 6.55. The smallest absolute Gasteiger partial charge is 0.254 e. The summed E-state index contributed by atoms with van der Waals surface area (Å²) >= 11 is 0.